The van der Waals surface area contributed by atoms with Crippen LogP contribution in [0.15, 0.2) is 0 Å². The number of hydrogen-bond acceptors (Lipinski definition) is 4. The van der Waals surface area contributed by atoms with Gasteiger partial charge in [-0.2, -0.15) is 23.5 Å². The molecule has 1 unspecified atom stereocenters. The van der Waals surface area contributed by atoms with Crippen molar-refractivity contribution in [2.24, 2.45) is 0 Å². The lowest BCUT2D eigenvalue weighted by atomic mass is 10.2. The van der Waals surface area contributed by atoms with Crippen LogP contribution in [-0.2, 0) is 4.79 Å². The fraction of sp³-hybridized carbons (Fsp3) is 0.833. The molecule has 1 fully saturated rings. The van der Waals surface area contributed by atoms with Gasteiger partial charge in [-0.3, -0.25) is 0 Å². The zero-order valence-corrected chi connectivity index (χ0v) is 13.1. The molecule has 5 nitrogen and oxygen atoms in total. The van der Waals surface area contributed by atoms with Gasteiger partial charge in [-0.1, -0.05) is 6.92 Å². The van der Waals surface area contributed by atoms with Crippen LogP contribution in [0.4, 0.5) is 4.79 Å². The first-order chi connectivity index (χ1) is 9.08. The minimum absolute atomic E-state index is 0.243. The summed E-state index contributed by atoms with van der Waals surface area (Å²) < 4.78 is 0. The summed E-state index contributed by atoms with van der Waals surface area (Å²) in [6.45, 7) is 3.52. The third-order valence-electron chi connectivity index (χ3n) is 3.09. The number of carboxylic acid groups (broad SMARTS) is 1. The Morgan fingerprint density at radius 3 is 2.89 bits per heavy atom. The quantitative estimate of drug-likeness (QED) is 0.782. The molecule has 0 aliphatic carbocycles. The molecule has 1 aliphatic heterocycles. The summed E-state index contributed by atoms with van der Waals surface area (Å²) in [7, 11) is 0. The largest absolute Gasteiger partial charge is 0.480 e. The molecule has 7 heteroatoms. The Labute approximate surface area is 122 Å². The second-order valence-corrected chi connectivity index (χ2v) is 6.86. The highest BCUT2D eigenvalue weighted by Gasteiger charge is 2.26. The van der Waals surface area contributed by atoms with E-state index in [2.05, 4.69) is 12.2 Å². The topological polar surface area (TPSA) is 69.6 Å². The van der Waals surface area contributed by atoms with Crippen molar-refractivity contribution in [3.8, 4) is 0 Å². The molecule has 1 rings (SSSR count). The number of aliphatic carboxylic acids is 1. The highest BCUT2D eigenvalue weighted by Crippen LogP contribution is 2.21. The monoisotopic (exact) mass is 306 g/mol. The molecule has 1 aliphatic rings. The molecule has 0 aromatic rings. The number of carboxylic acids is 1. The van der Waals surface area contributed by atoms with Gasteiger partial charge in [0.25, 0.3) is 0 Å². The van der Waals surface area contributed by atoms with E-state index < -0.39 is 12.0 Å². The Balaban J connectivity index is 2.48. The second-order valence-electron chi connectivity index (χ2n) is 4.47. The Morgan fingerprint density at radius 1 is 1.58 bits per heavy atom. The van der Waals surface area contributed by atoms with Gasteiger partial charge < -0.3 is 15.3 Å². The maximum absolute atomic E-state index is 12.1. The van der Waals surface area contributed by atoms with Crippen molar-refractivity contribution in [3.05, 3.63) is 0 Å². The van der Waals surface area contributed by atoms with E-state index in [0.29, 0.717) is 24.8 Å². The molecule has 1 saturated heterocycles. The molecular formula is C12H22N2O3S2. The first kappa shape index (κ1) is 16.5. The summed E-state index contributed by atoms with van der Waals surface area (Å²) in [5.41, 5.74) is 0. The molecule has 0 radical (unpaired) electrons. The van der Waals surface area contributed by atoms with Crippen LogP contribution in [-0.4, -0.2) is 64.1 Å². The summed E-state index contributed by atoms with van der Waals surface area (Å²) in [6, 6.07) is -1.03. The number of hydrogen-bond donors (Lipinski definition) is 2. The molecular weight excluding hydrogens is 284 g/mol. The van der Waals surface area contributed by atoms with E-state index in [1.807, 2.05) is 18.0 Å². The lowest BCUT2D eigenvalue weighted by Gasteiger charge is -2.32. The molecule has 2 amide bonds. The third kappa shape index (κ3) is 5.52. The van der Waals surface area contributed by atoms with Crippen molar-refractivity contribution in [1.82, 2.24) is 10.2 Å². The standard InChI is InChI=1S/C12H22N2O3S2/c1-3-9-8-14(5-7-19-9)12(17)13-10(11(15)16)4-6-18-2/h9-10H,3-8H2,1-2H3,(H,13,17)(H,15,16)/t9?,10-/m1/s1. The highest BCUT2D eigenvalue weighted by molar-refractivity contribution is 8.00. The lowest BCUT2D eigenvalue weighted by Crippen LogP contribution is -2.51. The van der Waals surface area contributed by atoms with Crippen LogP contribution in [0.5, 0.6) is 0 Å². The number of urea groups is 1. The number of carbonyl (C=O) groups excluding carboxylic acids is 1. The van der Waals surface area contributed by atoms with Crippen LogP contribution in [0.2, 0.25) is 0 Å². The number of rotatable bonds is 6. The molecule has 110 valence electrons. The molecule has 0 aromatic carbocycles. The first-order valence-electron chi connectivity index (χ1n) is 6.47. The molecule has 0 aromatic heterocycles. The van der Waals surface area contributed by atoms with E-state index >= 15 is 0 Å². The Kier molecular flexibility index (Phi) is 7.45. The molecule has 0 bridgehead atoms. The zero-order valence-electron chi connectivity index (χ0n) is 11.4. The molecule has 2 N–H and O–H groups in total. The molecule has 2 atom stereocenters. The van der Waals surface area contributed by atoms with Gasteiger partial charge >= 0.3 is 12.0 Å². The van der Waals surface area contributed by atoms with Crippen LogP contribution in [0.1, 0.15) is 19.8 Å². The van der Waals surface area contributed by atoms with Crippen LogP contribution < -0.4 is 5.32 Å². The average molecular weight is 306 g/mol. The smallest absolute Gasteiger partial charge is 0.326 e. The van der Waals surface area contributed by atoms with Gasteiger partial charge in [-0.15, -0.1) is 0 Å². The number of nitrogens with one attached hydrogen (secondary N) is 1. The van der Waals surface area contributed by atoms with Crippen molar-refractivity contribution >= 4 is 35.5 Å². The predicted molar refractivity (Wildman–Crippen MR) is 81.1 cm³/mol. The number of nitrogens with zero attached hydrogens (tertiary/aromatic N) is 1. The van der Waals surface area contributed by atoms with Gasteiger partial charge in [0.1, 0.15) is 6.04 Å². The maximum atomic E-state index is 12.1. The van der Waals surface area contributed by atoms with Crippen molar-refractivity contribution in [2.45, 2.75) is 31.1 Å². The van der Waals surface area contributed by atoms with Crippen LogP contribution in [0.3, 0.4) is 0 Å². The van der Waals surface area contributed by atoms with Crippen molar-refractivity contribution in [3.63, 3.8) is 0 Å². The highest BCUT2D eigenvalue weighted by atomic mass is 32.2. The first-order valence-corrected chi connectivity index (χ1v) is 8.91. The zero-order chi connectivity index (χ0) is 14.3. The molecule has 19 heavy (non-hydrogen) atoms. The lowest BCUT2D eigenvalue weighted by molar-refractivity contribution is -0.139. The minimum atomic E-state index is -0.958. The van der Waals surface area contributed by atoms with E-state index in [-0.39, 0.29) is 6.03 Å². The summed E-state index contributed by atoms with van der Waals surface area (Å²) in [5, 5.41) is 12.2. The Hall–Kier alpha value is -0.560. The van der Waals surface area contributed by atoms with Crippen LogP contribution >= 0.6 is 23.5 Å². The summed E-state index contributed by atoms with van der Waals surface area (Å²) in [5.74, 6) is 0.694. The number of carbonyl (C=O) groups is 2. The third-order valence-corrected chi connectivity index (χ3v) is 5.10. The predicted octanol–water partition coefficient (Wildman–Crippen LogP) is 1.73. The van der Waals surface area contributed by atoms with Crippen molar-refractivity contribution in [1.29, 1.82) is 0 Å². The van der Waals surface area contributed by atoms with Gasteiger partial charge in [0.2, 0.25) is 0 Å². The molecule has 0 spiro atoms. The number of thioether (sulfide) groups is 2. The SMILES string of the molecule is CCC1CN(C(=O)N[C@H](CCSC)C(=O)O)CCS1. The summed E-state index contributed by atoms with van der Waals surface area (Å²) in [6.07, 6.45) is 3.42. The Bertz CT molecular complexity index is 315. The van der Waals surface area contributed by atoms with E-state index in [4.69, 9.17) is 5.11 Å². The number of amides is 2. The van der Waals surface area contributed by atoms with Gasteiger partial charge in [-0.25, -0.2) is 9.59 Å². The van der Waals surface area contributed by atoms with Crippen molar-refractivity contribution < 1.29 is 14.7 Å². The van der Waals surface area contributed by atoms with E-state index in [0.717, 1.165) is 17.9 Å². The fourth-order valence-corrected chi connectivity index (χ4v) is 3.54. The maximum Gasteiger partial charge on any atom is 0.326 e. The van der Waals surface area contributed by atoms with Crippen LogP contribution in [0.25, 0.3) is 0 Å². The molecule has 0 saturated carbocycles. The summed E-state index contributed by atoms with van der Waals surface area (Å²) >= 11 is 3.46. The van der Waals surface area contributed by atoms with Gasteiger partial charge in [0, 0.05) is 24.1 Å². The van der Waals surface area contributed by atoms with E-state index in [1.165, 1.54) is 0 Å². The second kappa shape index (κ2) is 8.58. The van der Waals surface area contributed by atoms with Crippen molar-refractivity contribution in [2.75, 3.05) is 30.9 Å². The minimum Gasteiger partial charge on any atom is -0.480 e. The van der Waals surface area contributed by atoms with Gasteiger partial charge in [-0.05, 0) is 24.9 Å². The van der Waals surface area contributed by atoms with Gasteiger partial charge in [0.05, 0.1) is 0 Å². The normalized spacial score (nSPS) is 20.9. The molecule has 1 heterocycles. The average Bonchev–Trinajstić information content (AvgIpc) is 2.42. The van der Waals surface area contributed by atoms with E-state index in [9.17, 15) is 9.59 Å². The fourth-order valence-electron chi connectivity index (χ4n) is 1.88. The summed E-state index contributed by atoms with van der Waals surface area (Å²) in [4.78, 5) is 24.9. The Morgan fingerprint density at radius 2 is 2.32 bits per heavy atom. The van der Waals surface area contributed by atoms with Gasteiger partial charge in [0.15, 0.2) is 0 Å². The van der Waals surface area contributed by atoms with E-state index in [1.54, 1.807) is 16.7 Å². The van der Waals surface area contributed by atoms with Crippen LogP contribution in [0, 0.1) is 0 Å².